The average Bonchev–Trinajstić information content (AvgIpc) is 3.86. The van der Waals surface area contributed by atoms with Gasteiger partial charge in [0.15, 0.2) is 0 Å². The second-order valence-corrected chi connectivity index (χ2v) is 30.4. The summed E-state index contributed by atoms with van der Waals surface area (Å²) in [5, 5.41) is 8.10. The fraction of sp³-hybridized carbons (Fsp3) is 0.174. The van der Waals surface area contributed by atoms with Crippen molar-refractivity contribution in [3.8, 4) is 45.0 Å². The molecule has 4 heterocycles. The molecule has 4 aromatic heterocycles. The zero-order valence-electron chi connectivity index (χ0n) is 33.4. The molecule has 8 rings (SSSR count). The van der Waals surface area contributed by atoms with Crippen LogP contribution in [0, 0.1) is 0 Å². The monoisotopic (exact) mass is 900 g/mol. The number of hydrogen-bond donors (Lipinski definition) is 0. The van der Waals surface area contributed by atoms with E-state index in [4.69, 9.17) is 17.0 Å². The van der Waals surface area contributed by atoms with Crippen molar-refractivity contribution in [2.75, 3.05) is 0 Å². The summed E-state index contributed by atoms with van der Waals surface area (Å²) in [4.78, 5) is 18.3. The standard InChI is InChI=1S/2C22H21N2Si.C2H6Si.2ClH.Zr/c2*1-25(2,3)18-13-16-12-17(21-8-4-6-10-23-21)14-20(19(16)15-18)22-9-5-7-11-24-22;1-3-2;;;/h2*4-15H,1-3H3;1-2H3;2*1H;/q2*-1;;;;+4/p-2. The number of benzene rings is 2. The first-order chi connectivity index (χ1) is 26.9. The topological polar surface area (TPSA) is 51.6 Å². The Labute approximate surface area is 356 Å². The Balaban J connectivity index is 0.000000188. The summed E-state index contributed by atoms with van der Waals surface area (Å²) in [6, 6.07) is 42.7. The van der Waals surface area contributed by atoms with E-state index in [0.717, 1.165) is 43.4 Å². The molecule has 0 saturated carbocycles. The number of halogens is 2. The van der Waals surface area contributed by atoms with Gasteiger partial charge in [0.1, 0.15) is 0 Å². The van der Waals surface area contributed by atoms with Crippen molar-refractivity contribution < 1.29 is 20.8 Å². The van der Waals surface area contributed by atoms with Gasteiger partial charge >= 0.3 is 37.9 Å². The summed E-state index contributed by atoms with van der Waals surface area (Å²) in [6.07, 6.45) is 7.41. The van der Waals surface area contributed by atoms with E-state index in [9.17, 15) is 0 Å². The van der Waals surface area contributed by atoms with E-state index in [1.165, 1.54) is 43.0 Å². The van der Waals surface area contributed by atoms with Gasteiger partial charge in [0.05, 0.1) is 38.9 Å². The Morgan fingerprint density at radius 1 is 0.482 bits per heavy atom. The molecule has 0 aliphatic rings. The molecular weight excluding hydrogens is 855 g/mol. The number of fused-ring (bicyclic) bond motifs is 2. The van der Waals surface area contributed by atoms with Gasteiger partial charge < -0.3 is 0 Å². The van der Waals surface area contributed by atoms with Crippen molar-refractivity contribution in [2.24, 2.45) is 0 Å². The minimum absolute atomic E-state index is 0.826. The molecule has 0 amide bonds. The summed E-state index contributed by atoms with van der Waals surface area (Å²) in [5.74, 6) is 0. The first-order valence-corrected chi connectivity index (χ1v) is 33.9. The molecule has 0 N–H and O–H groups in total. The Hall–Kier alpha value is -3.63. The summed E-state index contributed by atoms with van der Waals surface area (Å²) >= 11 is -0.826. The van der Waals surface area contributed by atoms with Crippen molar-refractivity contribution in [1.29, 1.82) is 0 Å². The molecule has 0 aliphatic heterocycles. The van der Waals surface area contributed by atoms with Gasteiger partial charge in [-0.1, -0.05) is 88.8 Å². The van der Waals surface area contributed by atoms with Crippen LogP contribution in [-0.2, 0) is 20.8 Å². The van der Waals surface area contributed by atoms with Gasteiger partial charge in [-0.2, -0.15) is 12.1 Å². The van der Waals surface area contributed by atoms with Crippen molar-refractivity contribution in [3.63, 3.8) is 0 Å². The van der Waals surface area contributed by atoms with E-state index in [2.05, 4.69) is 145 Å². The van der Waals surface area contributed by atoms with Crippen LogP contribution in [0.3, 0.4) is 0 Å². The van der Waals surface area contributed by atoms with E-state index in [0.29, 0.717) is 0 Å². The third kappa shape index (κ3) is 11.3. The third-order valence-electron chi connectivity index (χ3n) is 9.18. The molecule has 0 aliphatic carbocycles. The first-order valence-electron chi connectivity index (χ1n) is 18.6. The van der Waals surface area contributed by atoms with Gasteiger partial charge in [-0.25, -0.2) is 0 Å². The fourth-order valence-electron chi connectivity index (χ4n) is 6.34. The van der Waals surface area contributed by atoms with Crippen LogP contribution in [0.4, 0.5) is 0 Å². The molecule has 0 saturated heterocycles. The number of aromatic nitrogens is 4. The molecule has 0 fully saturated rings. The molecule has 4 nitrogen and oxygen atoms in total. The fourth-order valence-corrected chi connectivity index (χ4v) is 8.67. The van der Waals surface area contributed by atoms with Gasteiger partial charge in [0.25, 0.3) is 0 Å². The molecule has 4 aromatic carbocycles. The number of hydrogen-bond acceptors (Lipinski definition) is 4. The first kappa shape index (κ1) is 43.5. The van der Waals surface area contributed by atoms with Crippen molar-refractivity contribution >= 4 is 74.6 Å². The van der Waals surface area contributed by atoms with Crippen LogP contribution in [0.1, 0.15) is 0 Å². The molecule has 2 radical (unpaired) electrons. The van der Waals surface area contributed by atoms with Crippen molar-refractivity contribution in [1.82, 2.24) is 19.9 Å². The summed E-state index contributed by atoms with van der Waals surface area (Å²) in [5.41, 5.74) is 8.67. The predicted octanol–water partition coefficient (Wildman–Crippen LogP) is 12.6. The van der Waals surface area contributed by atoms with Crippen LogP contribution >= 0.6 is 17.0 Å². The zero-order chi connectivity index (χ0) is 40.3. The summed E-state index contributed by atoms with van der Waals surface area (Å²) in [6.45, 7) is 18.6. The van der Waals surface area contributed by atoms with Crippen molar-refractivity contribution in [2.45, 2.75) is 52.4 Å². The van der Waals surface area contributed by atoms with Crippen LogP contribution in [-0.4, -0.2) is 45.6 Å². The van der Waals surface area contributed by atoms with Crippen LogP contribution in [0.25, 0.3) is 66.6 Å². The zero-order valence-corrected chi connectivity index (χ0v) is 40.4. The maximum absolute atomic E-state index is 4.93. The molecule has 56 heavy (non-hydrogen) atoms. The predicted molar refractivity (Wildman–Crippen MR) is 247 cm³/mol. The van der Waals surface area contributed by atoms with Gasteiger partial charge in [-0.15, -0.1) is 56.2 Å². The molecule has 0 bridgehead atoms. The van der Waals surface area contributed by atoms with Crippen molar-refractivity contribution in [3.05, 3.63) is 146 Å². The average molecular weight is 903 g/mol. The van der Waals surface area contributed by atoms with Crippen LogP contribution < -0.4 is 10.4 Å². The molecule has 8 aromatic rings. The Bertz CT molecular complexity index is 2250. The van der Waals surface area contributed by atoms with E-state index in [-0.39, 0.29) is 0 Å². The minimum atomic E-state index is -1.37. The molecular formula is C46H48Cl2N4Si3Zr. The maximum atomic E-state index is 4.93. The van der Waals surface area contributed by atoms with Gasteiger partial charge in [-0.05, 0) is 70.8 Å². The van der Waals surface area contributed by atoms with E-state index < -0.39 is 37.0 Å². The SMILES string of the molecule is C[Si](C)(C)c1cc2c(-c3ccccn3)cc(-c3ccccn3)cc2[cH-]1.C[Si](C)(C)c1cc2c(-c3ccccn3)cc(-c3ccccn3)cc2[cH-]1.C[Si]C.[Cl][Zr+2][Cl]. The second-order valence-electron chi connectivity index (χ2n) is 15.5. The number of pyridine rings is 4. The molecule has 10 heteroatoms. The number of rotatable bonds is 6. The quantitative estimate of drug-likeness (QED) is 0.123. The number of nitrogens with zero attached hydrogens (tertiary/aromatic N) is 4. The Morgan fingerprint density at radius 3 is 1.05 bits per heavy atom. The summed E-state index contributed by atoms with van der Waals surface area (Å²) in [7, 11) is 8.21. The summed E-state index contributed by atoms with van der Waals surface area (Å²) < 4.78 is 0. The molecule has 0 unspecified atom stereocenters. The second kappa shape index (κ2) is 20.2. The van der Waals surface area contributed by atoms with Crippen LogP contribution in [0.15, 0.2) is 146 Å². The van der Waals surface area contributed by atoms with Gasteiger partial charge in [0.2, 0.25) is 0 Å². The van der Waals surface area contributed by atoms with Crippen LogP contribution in [0.5, 0.6) is 0 Å². The van der Waals surface area contributed by atoms with E-state index in [1.807, 2.05) is 73.3 Å². The van der Waals surface area contributed by atoms with E-state index in [1.54, 1.807) is 0 Å². The van der Waals surface area contributed by atoms with Crippen LogP contribution in [0.2, 0.25) is 52.4 Å². The Morgan fingerprint density at radius 2 is 0.786 bits per heavy atom. The Kier molecular flexibility index (Phi) is 15.7. The molecule has 0 atom stereocenters. The third-order valence-corrected chi connectivity index (χ3v) is 13.2. The van der Waals surface area contributed by atoms with Gasteiger partial charge in [-0.3, -0.25) is 19.9 Å². The molecule has 282 valence electrons. The van der Waals surface area contributed by atoms with E-state index >= 15 is 0 Å². The molecule has 0 spiro atoms. The van der Waals surface area contributed by atoms with Gasteiger partial charge in [0, 0.05) is 34.3 Å². The normalized spacial score (nSPS) is 11.0.